The summed E-state index contributed by atoms with van der Waals surface area (Å²) in [5.74, 6) is 1.38. The smallest absolute Gasteiger partial charge is 0.138 e. The number of benzene rings is 7. The van der Waals surface area contributed by atoms with Crippen molar-refractivity contribution in [1.82, 2.24) is 0 Å². The van der Waals surface area contributed by atoms with Gasteiger partial charge in [0.25, 0.3) is 0 Å². The Balaban J connectivity index is 1.60. The summed E-state index contributed by atoms with van der Waals surface area (Å²) in [6, 6.07) is 63.9. The summed E-state index contributed by atoms with van der Waals surface area (Å²) in [5.41, 5.74) is 15.4. The van der Waals surface area contributed by atoms with Gasteiger partial charge in [-0.2, -0.15) is 0 Å². The number of hydrogen-bond donors (Lipinski definition) is 1. The Kier molecular flexibility index (Phi) is 11.5. The van der Waals surface area contributed by atoms with Crippen LogP contribution >= 0.6 is 0 Å². The molecular formula is C53H52N2. The van der Waals surface area contributed by atoms with Gasteiger partial charge in [-0.25, -0.2) is 4.99 Å². The summed E-state index contributed by atoms with van der Waals surface area (Å²) in [6.07, 6.45) is 0. The van der Waals surface area contributed by atoms with Crippen LogP contribution in [-0.4, -0.2) is 5.84 Å². The number of amidine groups is 1. The van der Waals surface area contributed by atoms with Crippen molar-refractivity contribution in [3.63, 3.8) is 0 Å². The maximum Gasteiger partial charge on any atom is 0.138 e. The molecule has 0 fully saturated rings. The van der Waals surface area contributed by atoms with E-state index < -0.39 is 0 Å². The van der Waals surface area contributed by atoms with Crippen molar-refractivity contribution < 1.29 is 0 Å². The third-order valence-electron chi connectivity index (χ3n) is 10.6. The minimum atomic E-state index is -0.0551. The highest BCUT2D eigenvalue weighted by molar-refractivity contribution is 6.10. The minimum absolute atomic E-state index is 0.0551. The van der Waals surface area contributed by atoms with E-state index in [-0.39, 0.29) is 11.8 Å². The number of rotatable bonds is 11. The van der Waals surface area contributed by atoms with Crippen molar-refractivity contribution >= 4 is 17.2 Å². The van der Waals surface area contributed by atoms with Gasteiger partial charge in [-0.05, 0) is 70.2 Å². The minimum Gasteiger partial charge on any atom is -0.339 e. The van der Waals surface area contributed by atoms with Gasteiger partial charge in [0.05, 0.1) is 5.69 Å². The molecule has 7 aromatic rings. The lowest BCUT2D eigenvalue weighted by Gasteiger charge is -2.28. The van der Waals surface area contributed by atoms with Crippen LogP contribution in [0.15, 0.2) is 181 Å². The second kappa shape index (κ2) is 17.0. The number of nitrogens with zero attached hydrogens (tertiary/aromatic N) is 1. The Bertz CT molecular complexity index is 2130. The number of para-hydroxylation sites is 1. The summed E-state index contributed by atoms with van der Waals surface area (Å²) in [5, 5.41) is 4.02. The molecule has 0 saturated carbocycles. The first-order chi connectivity index (χ1) is 26.8. The van der Waals surface area contributed by atoms with E-state index in [2.05, 4.69) is 223 Å². The average Bonchev–Trinajstić information content (AvgIpc) is 3.20. The van der Waals surface area contributed by atoms with E-state index >= 15 is 0 Å². The van der Waals surface area contributed by atoms with Crippen molar-refractivity contribution in [2.24, 2.45) is 4.99 Å². The van der Waals surface area contributed by atoms with E-state index in [1.807, 2.05) is 0 Å². The first-order valence-corrected chi connectivity index (χ1v) is 19.7. The molecule has 1 N–H and O–H groups in total. The number of aryl methyl sites for hydroxylation is 2. The Labute approximate surface area is 328 Å². The van der Waals surface area contributed by atoms with Gasteiger partial charge in [-0.3, -0.25) is 0 Å². The summed E-state index contributed by atoms with van der Waals surface area (Å²) >= 11 is 0. The molecule has 0 aliphatic rings. The van der Waals surface area contributed by atoms with Crippen LogP contribution in [-0.2, 0) is 0 Å². The highest BCUT2D eigenvalue weighted by Crippen LogP contribution is 2.46. The number of hydrogen-bond acceptors (Lipinski definition) is 1. The number of anilines is 1. The van der Waals surface area contributed by atoms with Gasteiger partial charge < -0.3 is 5.32 Å². The molecule has 0 amide bonds. The summed E-state index contributed by atoms with van der Waals surface area (Å²) in [7, 11) is 0. The van der Waals surface area contributed by atoms with Crippen LogP contribution in [0, 0.1) is 13.8 Å². The van der Waals surface area contributed by atoms with Gasteiger partial charge in [-0.15, -0.1) is 0 Å². The second-order valence-electron chi connectivity index (χ2n) is 15.4. The van der Waals surface area contributed by atoms with Crippen molar-refractivity contribution in [2.75, 3.05) is 5.32 Å². The first-order valence-electron chi connectivity index (χ1n) is 19.7. The van der Waals surface area contributed by atoms with Crippen LogP contribution in [0.4, 0.5) is 11.4 Å². The molecule has 0 unspecified atom stereocenters. The molecule has 0 radical (unpaired) electrons. The van der Waals surface area contributed by atoms with Gasteiger partial charge in [0.2, 0.25) is 0 Å². The van der Waals surface area contributed by atoms with Crippen LogP contribution in [0.5, 0.6) is 0 Å². The molecule has 274 valence electrons. The quantitative estimate of drug-likeness (QED) is 0.0804. The molecule has 55 heavy (non-hydrogen) atoms. The molecule has 0 aliphatic carbocycles. The Morgan fingerprint density at radius 3 is 1.16 bits per heavy atom. The van der Waals surface area contributed by atoms with E-state index in [4.69, 9.17) is 4.99 Å². The molecular weight excluding hydrogens is 665 g/mol. The lowest BCUT2D eigenvalue weighted by molar-refractivity contribution is 0.839. The molecule has 0 spiro atoms. The van der Waals surface area contributed by atoms with Crippen LogP contribution in [0.2, 0.25) is 0 Å². The van der Waals surface area contributed by atoms with E-state index in [1.54, 1.807) is 0 Å². The fraction of sp³-hybridized carbons (Fsp3) is 0.189. The van der Waals surface area contributed by atoms with Gasteiger partial charge in [0, 0.05) is 23.1 Å². The van der Waals surface area contributed by atoms with E-state index in [0.717, 1.165) is 22.8 Å². The Morgan fingerprint density at radius 1 is 0.418 bits per heavy atom. The molecule has 0 atom stereocenters. The maximum absolute atomic E-state index is 5.95. The Hall–Kier alpha value is -5.99. The van der Waals surface area contributed by atoms with Crippen LogP contribution in [0.1, 0.15) is 113 Å². The number of aliphatic imine (C=N–C) groups is 1. The van der Waals surface area contributed by atoms with E-state index in [1.165, 1.54) is 55.6 Å². The molecule has 0 heterocycles. The second-order valence-corrected chi connectivity index (χ2v) is 15.4. The standard InChI is InChI=1S/C53H52N2/c1-36(2)45-28-19-29-46(37(3)4)51(45)54-53(44-32-30-38(5)31-33-44)55-52-47(49(40-20-11-7-12-21-40)41-22-13-8-14-23-41)34-39(6)35-48(52)50(42-24-15-9-16-25-42)43-26-17-10-18-27-43/h7-37,49-50H,1-6H3,(H,54,55). The van der Waals surface area contributed by atoms with Gasteiger partial charge in [-0.1, -0.05) is 215 Å². The lowest BCUT2D eigenvalue weighted by Crippen LogP contribution is -2.18. The average molecular weight is 717 g/mol. The van der Waals surface area contributed by atoms with Crippen LogP contribution < -0.4 is 5.32 Å². The predicted octanol–water partition coefficient (Wildman–Crippen LogP) is 14.1. The van der Waals surface area contributed by atoms with Crippen LogP contribution in [0.3, 0.4) is 0 Å². The molecule has 0 bridgehead atoms. The van der Waals surface area contributed by atoms with Gasteiger partial charge >= 0.3 is 0 Å². The summed E-state index contributed by atoms with van der Waals surface area (Å²) in [4.78, 5) is 5.95. The fourth-order valence-corrected chi connectivity index (χ4v) is 7.89. The lowest BCUT2D eigenvalue weighted by atomic mass is 9.78. The summed E-state index contributed by atoms with van der Waals surface area (Å²) in [6.45, 7) is 13.5. The SMILES string of the molecule is Cc1ccc(C(=Nc2c(C(c3ccccc3)c3ccccc3)cc(C)cc2C(c2ccccc2)c2ccccc2)Nc2c(C(C)C)cccc2C(C)C)cc1. The molecule has 0 saturated heterocycles. The third-order valence-corrected chi connectivity index (χ3v) is 10.6. The molecule has 7 rings (SSSR count). The fourth-order valence-electron chi connectivity index (χ4n) is 7.89. The predicted molar refractivity (Wildman–Crippen MR) is 234 cm³/mol. The molecule has 2 heteroatoms. The zero-order valence-corrected chi connectivity index (χ0v) is 33.0. The molecule has 7 aromatic carbocycles. The third kappa shape index (κ3) is 8.40. The molecule has 0 aliphatic heterocycles. The van der Waals surface area contributed by atoms with Crippen molar-refractivity contribution in [3.8, 4) is 0 Å². The van der Waals surface area contributed by atoms with Crippen LogP contribution in [0.25, 0.3) is 0 Å². The number of nitrogens with one attached hydrogen (secondary N) is 1. The zero-order chi connectivity index (χ0) is 38.3. The van der Waals surface area contributed by atoms with Gasteiger partial charge in [0.1, 0.15) is 5.84 Å². The maximum atomic E-state index is 5.95. The normalized spacial score (nSPS) is 11.9. The topological polar surface area (TPSA) is 24.4 Å². The van der Waals surface area contributed by atoms with E-state index in [9.17, 15) is 0 Å². The van der Waals surface area contributed by atoms with Crippen molar-refractivity contribution in [2.45, 2.75) is 65.2 Å². The highest BCUT2D eigenvalue weighted by Gasteiger charge is 2.28. The molecule has 0 aromatic heterocycles. The first kappa shape index (κ1) is 37.3. The summed E-state index contributed by atoms with van der Waals surface area (Å²) < 4.78 is 0. The monoisotopic (exact) mass is 716 g/mol. The zero-order valence-electron chi connectivity index (χ0n) is 33.0. The molecule has 2 nitrogen and oxygen atoms in total. The largest absolute Gasteiger partial charge is 0.339 e. The highest BCUT2D eigenvalue weighted by atomic mass is 15.0. The van der Waals surface area contributed by atoms with Crippen molar-refractivity contribution in [3.05, 3.63) is 237 Å². The van der Waals surface area contributed by atoms with Gasteiger partial charge in [0.15, 0.2) is 0 Å². The Morgan fingerprint density at radius 2 is 0.800 bits per heavy atom. The van der Waals surface area contributed by atoms with Crippen molar-refractivity contribution in [1.29, 1.82) is 0 Å². The van der Waals surface area contributed by atoms with E-state index in [0.29, 0.717) is 11.8 Å².